The van der Waals surface area contributed by atoms with Gasteiger partial charge in [-0.05, 0) is 50.0 Å². The summed E-state index contributed by atoms with van der Waals surface area (Å²) in [5.74, 6) is -2.54. The number of rotatable bonds is 6. The van der Waals surface area contributed by atoms with Gasteiger partial charge in [-0.2, -0.15) is 0 Å². The van der Waals surface area contributed by atoms with Gasteiger partial charge >= 0.3 is 11.9 Å². The fraction of sp³-hybridized carbons (Fsp3) is 0.158. The highest BCUT2D eigenvalue weighted by Crippen LogP contribution is 2.33. The summed E-state index contributed by atoms with van der Waals surface area (Å²) >= 11 is 1.46. The van der Waals surface area contributed by atoms with Gasteiger partial charge in [-0.25, -0.2) is 14.0 Å². The molecule has 0 radical (unpaired) electrons. The molecule has 0 aliphatic rings. The normalized spacial score (nSPS) is 10.5. The molecule has 0 aliphatic heterocycles. The van der Waals surface area contributed by atoms with Crippen molar-refractivity contribution < 1.29 is 29.3 Å². The van der Waals surface area contributed by atoms with Crippen LogP contribution in [0.3, 0.4) is 0 Å². The van der Waals surface area contributed by atoms with Gasteiger partial charge in [-0.15, -0.1) is 0 Å². The number of nitrogens with zero attached hydrogens (tertiary/aromatic N) is 1. The largest absolute Gasteiger partial charge is 0.508 e. The van der Waals surface area contributed by atoms with E-state index >= 15 is 0 Å². The van der Waals surface area contributed by atoms with Gasteiger partial charge in [-0.3, -0.25) is 0 Å². The predicted octanol–water partition coefficient (Wildman–Crippen LogP) is 3.46. The van der Waals surface area contributed by atoms with E-state index in [-0.39, 0.29) is 11.6 Å². The Morgan fingerprint density at radius 2 is 1.70 bits per heavy atom. The molecule has 0 amide bonds. The van der Waals surface area contributed by atoms with E-state index < -0.39 is 11.9 Å². The molecule has 0 bridgehead atoms. The van der Waals surface area contributed by atoms with Crippen molar-refractivity contribution in [2.75, 3.05) is 14.1 Å². The first kappa shape index (κ1) is 22.2. The van der Waals surface area contributed by atoms with Crippen LogP contribution in [0.5, 0.6) is 5.75 Å². The van der Waals surface area contributed by atoms with Gasteiger partial charge < -0.3 is 20.2 Å². The fourth-order valence-corrected chi connectivity index (χ4v) is 2.93. The minimum absolute atomic E-state index is 0.218. The van der Waals surface area contributed by atoms with Gasteiger partial charge in [0.2, 0.25) is 0 Å². The van der Waals surface area contributed by atoms with Crippen molar-refractivity contribution in [1.29, 1.82) is 0 Å². The molecule has 0 aromatic heterocycles. The number of phenolic OH excluding ortho intramolecular Hbond substituents is 1. The van der Waals surface area contributed by atoms with E-state index in [1.165, 1.54) is 23.9 Å². The monoisotopic (exact) mass is 393 g/mol. The molecule has 0 aliphatic carbocycles. The van der Waals surface area contributed by atoms with Gasteiger partial charge in [-0.1, -0.05) is 23.9 Å². The standard InChI is InChI=1S/C15H16FNOS.C4H4O4/c1-17(2)10-11-6-7-12(16)8-15(11)19-14-5-3-4-13(18)9-14;5-3(6)1-2-4(7)8/h3-9,18H,10H2,1-2H3;1-2H,(H,5,6)(H,7,8)/b;2-1-. The highest BCUT2D eigenvalue weighted by atomic mass is 32.2. The number of aromatic hydroxyl groups is 1. The van der Waals surface area contributed by atoms with Crippen molar-refractivity contribution >= 4 is 23.7 Å². The molecule has 0 unspecified atom stereocenters. The van der Waals surface area contributed by atoms with Crippen LogP contribution in [0.1, 0.15) is 5.56 Å². The third-order valence-corrected chi connectivity index (χ3v) is 4.02. The zero-order valence-electron chi connectivity index (χ0n) is 14.8. The smallest absolute Gasteiger partial charge is 0.328 e. The molecule has 2 aromatic carbocycles. The van der Waals surface area contributed by atoms with Crippen LogP contribution >= 0.6 is 11.8 Å². The van der Waals surface area contributed by atoms with Crippen molar-refractivity contribution in [3.63, 3.8) is 0 Å². The number of carbonyl (C=O) groups is 2. The Balaban J connectivity index is 0.000000387. The Morgan fingerprint density at radius 3 is 2.22 bits per heavy atom. The lowest BCUT2D eigenvalue weighted by atomic mass is 10.2. The third kappa shape index (κ3) is 9.43. The maximum atomic E-state index is 13.4. The topological polar surface area (TPSA) is 98.1 Å². The molecule has 8 heteroatoms. The van der Waals surface area contributed by atoms with E-state index in [1.54, 1.807) is 24.3 Å². The maximum absolute atomic E-state index is 13.4. The van der Waals surface area contributed by atoms with Crippen molar-refractivity contribution in [3.8, 4) is 5.75 Å². The van der Waals surface area contributed by atoms with Crippen molar-refractivity contribution in [2.24, 2.45) is 0 Å². The second-order valence-corrected chi connectivity index (χ2v) is 6.71. The second kappa shape index (κ2) is 11.0. The lowest BCUT2D eigenvalue weighted by molar-refractivity contribution is -0.134. The molecule has 2 aromatic rings. The summed E-state index contributed by atoms with van der Waals surface area (Å²) in [5, 5.41) is 25.1. The lowest BCUT2D eigenvalue weighted by Crippen LogP contribution is -2.11. The predicted molar refractivity (Wildman–Crippen MR) is 100 cm³/mol. The van der Waals surface area contributed by atoms with Crippen LogP contribution in [0.15, 0.2) is 64.4 Å². The van der Waals surface area contributed by atoms with E-state index in [0.29, 0.717) is 12.2 Å². The Kier molecular flexibility index (Phi) is 9.04. The van der Waals surface area contributed by atoms with Gasteiger partial charge in [0.05, 0.1) is 0 Å². The third-order valence-electron chi connectivity index (χ3n) is 2.93. The molecule has 0 heterocycles. The van der Waals surface area contributed by atoms with Gasteiger partial charge in [0, 0.05) is 28.5 Å². The van der Waals surface area contributed by atoms with E-state index in [2.05, 4.69) is 0 Å². The first-order valence-corrected chi connectivity index (χ1v) is 8.53. The van der Waals surface area contributed by atoms with E-state index in [0.717, 1.165) is 21.9 Å². The van der Waals surface area contributed by atoms with Crippen LogP contribution in [0.2, 0.25) is 0 Å². The molecule has 3 N–H and O–H groups in total. The minimum Gasteiger partial charge on any atom is -0.508 e. The number of benzene rings is 2. The molecule has 0 saturated carbocycles. The number of hydrogen-bond acceptors (Lipinski definition) is 5. The Hall–Kier alpha value is -2.84. The number of hydrogen-bond donors (Lipinski definition) is 3. The Bertz CT molecular complexity index is 807. The summed E-state index contributed by atoms with van der Waals surface area (Å²) in [7, 11) is 3.96. The summed E-state index contributed by atoms with van der Waals surface area (Å²) in [6, 6.07) is 11.8. The second-order valence-electron chi connectivity index (χ2n) is 5.60. The fourth-order valence-electron chi connectivity index (χ4n) is 1.91. The van der Waals surface area contributed by atoms with E-state index in [9.17, 15) is 19.1 Å². The summed E-state index contributed by atoms with van der Waals surface area (Å²) < 4.78 is 13.4. The number of aliphatic carboxylic acids is 2. The molecule has 6 nitrogen and oxygen atoms in total. The summed E-state index contributed by atoms with van der Waals surface area (Å²) in [6.45, 7) is 0.751. The highest BCUT2D eigenvalue weighted by molar-refractivity contribution is 7.99. The van der Waals surface area contributed by atoms with Gasteiger partial charge in [0.25, 0.3) is 0 Å². The maximum Gasteiger partial charge on any atom is 0.328 e. The molecule has 0 atom stereocenters. The van der Waals surface area contributed by atoms with E-state index in [4.69, 9.17) is 10.2 Å². The van der Waals surface area contributed by atoms with Crippen LogP contribution in [0.4, 0.5) is 4.39 Å². The molecule has 0 saturated heterocycles. The van der Waals surface area contributed by atoms with Gasteiger partial charge in [0.1, 0.15) is 11.6 Å². The first-order chi connectivity index (χ1) is 12.7. The zero-order valence-corrected chi connectivity index (χ0v) is 15.6. The van der Waals surface area contributed by atoms with Crippen LogP contribution < -0.4 is 0 Å². The van der Waals surface area contributed by atoms with Crippen molar-refractivity contribution in [1.82, 2.24) is 4.90 Å². The van der Waals surface area contributed by atoms with Gasteiger partial charge in [0.15, 0.2) is 0 Å². The van der Waals surface area contributed by atoms with E-state index in [1.807, 2.05) is 25.1 Å². The SMILES string of the molecule is CN(C)Cc1ccc(F)cc1Sc1cccc(O)c1.O=C(O)/C=C\C(=O)O. The van der Waals surface area contributed by atoms with Crippen molar-refractivity contribution in [2.45, 2.75) is 16.3 Å². The molecule has 144 valence electrons. The molecule has 27 heavy (non-hydrogen) atoms. The van der Waals surface area contributed by atoms with Crippen molar-refractivity contribution in [3.05, 3.63) is 66.0 Å². The highest BCUT2D eigenvalue weighted by Gasteiger charge is 2.08. The lowest BCUT2D eigenvalue weighted by Gasteiger charge is -2.14. The number of phenols is 1. The first-order valence-electron chi connectivity index (χ1n) is 7.71. The molecule has 0 spiro atoms. The summed E-state index contributed by atoms with van der Waals surface area (Å²) in [4.78, 5) is 22.9. The summed E-state index contributed by atoms with van der Waals surface area (Å²) in [5.41, 5.74) is 1.07. The quantitative estimate of drug-likeness (QED) is 0.647. The Morgan fingerprint density at radius 1 is 1.07 bits per heavy atom. The molecular formula is C19H20FNO5S. The number of carboxylic acid groups (broad SMARTS) is 2. The summed E-state index contributed by atoms with van der Waals surface area (Å²) in [6.07, 6.45) is 1.12. The zero-order chi connectivity index (χ0) is 20.4. The molecule has 2 rings (SSSR count). The van der Waals surface area contributed by atoms with Crippen LogP contribution in [0, 0.1) is 5.82 Å². The number of carboxylic acids is 2. The van der Waals surface area contributed by atoms with Crippen LogP contribution in [-0.2, 0) is 16.1 Å². The molecular weight excluding hydrogens is 373 g/mol. The molecule has 0 fully saturated rings. The average molecular weight is 393 g/mol. The van der Waals surface area contributed by atoms with Crippen LogP contribution in [0.25, 0.3) is 0 Å². The number of halogens is 1. The average Bonchev–Trinajstić information content (AvgIpc) is 2.56. The Labute approximate surface area is 160 Å². The minimum atomic E-state index is -1.26. The van der Waals surface area contributed by atoms with Crippen LogP contribution in [-0.4, -0.2) is 46.3 Å².